The molecule has 0 amide bonds. The first kappa shape index (κ1) is 28.4. The molecule has 2 aliphatic rings. The maximum Gasteiger partial charge on any atom is 0.0543 e. The Labute approximate surface area is 288 Å². The lowest BCUT2D eigenvalue weighted by atomic mass is 9.78. The van der Waals surface area contributed by atoms with Crippen LogP contribution in [0.4, 0.5) is 17.1 Å². The Morgan fingerprint density at radius 3 is 1.78 bits per heavy atom. The minimum Gasteiger partial charge on any atom is -0.310 e. The van der Waals surface area contributed by atoms with Crippen LogP contribution < -0.4 is 4.90 Å². The van der Waals surface area contributed by atoms with E-state index in [1.807, 2.05) is 0 Å². The fraction of sp³-hybridized carbons (Fsp3) is 0.125. The Hall–Kier alpha value is -5.66. The lowest BCUT2D eigenvalue weighted by Gasteiger charge is -2.30. The highest BCUT2D eigenvalue weighted by atomic mass is 15.1. The van der Waals surface area contributed by atoms with Crippen molar-refractivity contribution in [2.75, 3.05) is 4.90 Å². The van der Waals surface area contributed by atoms with Crippen molar-refractivity contribution in [3.05, 3.63) is 174 Å². The molecule has 0 N–H and O–H groups in total. The number of hydrogen-bond acceptors (Lipinski definition) is 1. The Morgan fingerprint density at radius 1 is 0.388 bits per heavy atom. The van der Waals surface area contributed by atoms with Crippen molar-refractivity contribution in [3.63, 3.8) is 0 Å². The second-order valence-electron chi connectivity index (χ2n) is 14.9. The lowest BCUT2D eigenvalue weighted by molar-refractivity contribution is 0.661. The van der Waals surface area contributed by atoms with E-state index in [1.165, 1.54) is 82.5 Å². The zero-order chi connectivity index (χ0) is 33.1. The number of benzene rings is 8. The van der Waals surface area contributed by atoms with Crippen LogP contribution >= 0.6 is 0 Å². The topological polar surface area (TPSA) is 3.24 Å². The van der Waals surface area contributed by atoms with Crippen LogP contribution in [0.5, 0.6) is 0 Å². The van der Waals surface area contributed by atoms with E-state index in [0.717, 1.165) is 11.4 Å². The molecule has 0 aliphatic heterocycles. The SMILES string of the molecule is CC1(C)c2ccccc2-c2c1cc(N(c1ccccc1)c1ccc3c4c(ccc3c1)-c1ccc3ccccc3c1C4(C)C)c1ccccc21. The molecule has 0 fully saturated rings. The highest BCUT2D eigenvalue weighted by Gasteiger charge is 2.39. The number of rotatable bonds is 3. The Kier molecular flexibility index (Phi) is 5.75. The van der Waals surface area contributed by atoms with Crippen LogP contribution in [0.15, 0.2) is 152 Å². The average molecular weight is 628 g/mol. The Morgan fingerprint density at radius 2 is 1.00 bits per heavy atom. The van der Waals surface area contributed by atoms with Gasteiger partial charge >= 0.3 is 0 Å². The Balaban J connectivity index is 1.21. The molecule has 8 aromatic carbocycles. The van der Waals surface area contributed by atoms with Gasteiger partial charge in [0.15, 0.2) is 0 Å². The minimum atomic E-state index is -0.123. The van der Waals surface area contributed by atoms with Crippen LogP contribution in [-0.4, -0.2) is 0 Å². The van der Waals surface area contributed by atoms with E-state index in [0.29, 0.717) is 0 Å². The number of nitrogens with zero attached hydrogens (tertiary/aromatic N) is 1. The van der Waals surface area contributed by atoms with Gasteiger partial charge in [0.2, 0.25) is 0 Å². The van der Waals surface area contributed by atoms with Gasteiger partial charge in [-0.15, -0.1) is 0 Å². The molecule has 0 atom stereocenters. The summed E-state index contributed by atoms with van der Waals surface area (Å²) in [6.45, 7) is 9.57. The molecular weight excluding hydrogens is 591 g/mol. The summed E-state index contributed by atoms with van der Waals surface area (Å²) in [5, 5.41) is 7.82. The number of anilines is 3. The highest BCUT2D eigenvalue weighted by Crippen LogP contribution is 2.56. The van der Waals surface area contributed by atoms with Crippen LogP contribution in [0.2, 0.25) is 0 Å². The van der Waals surface area contributed by atoms with Gasteiger partial charge in [0, 0.05) is 27.6 Å². The van der Waals surface area contributed by atoms with E-state index in [2.05, 4.69) is 184 Å². The molecule has 1 nitrogen and oxygen atoms in total. The first-order valence-electron chi connectivity index (χ1n) is 17.5. The van der Waals surface area contributed by atoms with Gasteiger partial charge in [0.05, 0.1) is 5.69 Å². The van der Waals surface area contributed by atoms with E-state index in [-0.39, 0.29) is 10.8 Å². The van der Waals surface area contributed by atoms with Gasteiger partial charge in [0.25, 0.3) is 0 Å². The predicted molar refractivity (Wildman–Crippen MR) is 209 cm³/mol. The normalized spacial score (nSPS) is 14.9. The quantitative estimate of drug-likeness (QED) is 0.188. The van der Waals surface area contributed by atoms with E-state index in [4.69, 9.17) is 0 Å². The molecule has 8 aromatic rings. The molecule has 2 aliphatic carbocycles. The maximum atomic E-state index is 2.47. The van der Waals surface area contributed by atoms with E-state index in [9.17, 15) is 0 Å². The van der Waals surface area contributed by atoms with Crippen molar-refractivity contribution in [3.8, 4) is 22.3 Å². The summed E-state index contributed by atoms with van der Waals surface area (Å²) in [6, 6.07) is 56.6. The van der Waals surface area contributed by atoms with Gasteiger partial charge in [-0.1, -0.05) is 149 Å². The summed E-state index contributed by atoms with van der Waals surface area (Å²) >= 11 is 0. The molecule has 0 saturated carbocycles. The van der Waals surface area contributed by atoms with E-state index < -0.39 is 0 Å². The first-order chi connectivity index (χ1) is 23.8. The molecule has 10 rings (SSSR count). The van der Waals surface area contributed by atoms with Crippen molar-refractivity contribution in [2.24, 2.45) is 0 Å². The zero-order valence-electron chi connectivity index (χ0n) is 28.4. The molecule has 0 aromatic heterocycles. The lowest BCUT2D eigenvalue weighted by Crippen LogP contribution is -2.17. The fourth-order valence-corrected chi connectivity index (χ4v) is 9.37. The third-order valence-corrected chi connectivity index (χ3v) is 11.6. The zero-order valence-corrected chi connectivity index (χ0v) is 28.4. The monoisotopic (exact) mass is 627 g/mol. The van der Waals surface area contributed by atoms with Crippen molar-refractivity contribution in [1.29, 1.82) is 0 Å². The van der Waals surface area contributed by atoms with Crippen LogP contribution in [0.25, 0.3) is 54.6 Å². The summed E-state index contributed by atoms with van der Waals surface area (Å²) < 4.78 is 0. The molecular formula is C48H37N. The minimum absolute atomic E-state index is 0.109. The van der Waals surface area contributed by atoms with Crippen molar-refractivity contribution in [2.45, 2.75) is 38.5 Å². The summed E-state index contributed by atoms with van der Waals surface area (Å²) in [5.41, 5.74) is 14.4. The molecule has 0 bridgehead atoms. The first-order valence-corrected chi connectivity index (χ1v) is 17.5. The fourth-order valence-electron chi connectivity index (χ4n) is 9.37. The smallest absolute Gasteiger partial charge is 0.0543 e. The van der Waals surface area contributed by atoms with Gasteiger partial charge in [0.1, 0.15) is 0 Å². The van der Waals surface area contributed by atoms with Crippen molar-refractivity contribution in [1.82, 2.24) is 0 Å². The molecule has 0 radical (unpaired) electrons. The van der Waals surface area contributed by atoms with Crippen LogP contribution in [-0.2, 0) is 10.8 Å². The Bertz CT molecular complexity index is 2660. The second-order valence-corrected chi connectivity index (χ2v) is 14.9. The van der Waals surface area contributed by atoms with Crippen molar-refractivity contribution >= 4 is 49.4 Å². The van der Waals surface area contributed by atoms with Gasteiger partial charge in [-0.3, -0.25) is 0 Å². The molecule has 234 valence electrons. The van der Waals surface area contributed by atoms with Gasteiger partial charge < -0.3 is 4.90 Å². The van der Waals surface area contributed by atoms with Crippen LogP contribution in [0, 0.1) is 0 Å². The summed E-state index contributed by atoms with van der Waals surface area (Å²) in [4.78, 5) is 2.47. The molecule has 1 heteroatoms. The predicted octanol–water partition coefficient (Wildman–Crippen LogP) is 13.2. The number of fused-ring (bicyclic) bond motifs is 12. The molecule has 49 heavy (non-hydrogen) atoms. The largest absolute Gasteiger partial charge is 0.310 e. The van der Waals surface area contributed by atoms with Gasteiger partial charge in [-0.25, -0.2) is 0 Å². The van der Waals surface area contributed by atoms with E-state index >= 15 is 0 Å². The third-order valence-electron chi connectivity index (χ3n) is 11.6. The maximum absolute atomic E-state index is 2.47. The molecule has 0 saturated heterocycles. The summed E-state index contributed by atoms with van der Waals surface area (Å²) in [5.74, 6) is 0. The summed E-state index contributed by atoms with van der Waals surface area (Å²) in [7, 11) is 0. The second kappa shape index (κ2) is 9.94. The third kappa shape index (κ3) is 3.82. The number of para-hydroxylation sites is 1. The van der Waals surface area contributed by atoms with Crippen LogP contribution in [0.1, 0.15) is 49.9 Å². The average Bonchev–Trinajstić information content (AvgIpc) is 3.52. The highest BCUT2D eigenvalue weighted by molar-refractivity contribution is 6.11. The molecule has 0 heterocycles. The van der Waals surface area contributed by atoms with Gasteiger partial charge in [-0.05, 0) is 102 Å². The van der Waals surface area contributed by atoms with Crippen molar-refractivity contribution < 1.29 is 0 Å². The standard InChI is InChI=1S/C48H37N/c1-47(2)41-21-13-12-20-40(41)44-37-19-11-10-18-36(37)43(29-42(44)47)49(32-15-6-5-7-16-32)33-24-27-35-31(28-33)23-26-39-38-25-22-30-14-8-9-17-34(30)45(38)48(3,4)46(35)39/h5-29H,1-4H3. The van der Waals surface area contributed by atoms with Crippen LogP contribution in [0.3, 0.4) is 0 Å². The number of hydrogen-bond donors (Lipinski definition) is 0. The molecule has 0 spiro atoms. The summed E-state index contributed by atoms with van der Waals surface area (Å²) in [6.07, 6.45) is 0. The van der Waals surface area contributed by atoms with E-state index in [1.54, 1.807) is 0 Å². The van der Waals surface area contributed by atoms with Gasteiger partial charge in [-0.2, -0.15) is 0 Å². The molecule has 0 unspecified atom stereocenters.